The van der Waals surface area contributed by atoms with Crippen LogP contribution in [0.4, 0.5) is 5.69 Å². The normalized spacial score (nSPS) is 12.0. The van der Waals surface area contributed by atoms with Crippen LogP contribution in [0.3, 0.4) is 0 Å². The van der Waals surface area contributed by atoms with E-state index in [-0.39, 0.29) is 27.3 Å². The van der Waals surface area contributed by atoms with Gasteiger partial charge in [-0.25, -0.2) is 17.9 Å². The number of carboxylic acids is 1. The molecule has 8 nitrogen and oxygen atoms in total. The van der Waals surface area contributed by atoms with Crippen molar-refractivity contribution in [2.24, 2.45) is 0 Å². The van der Waals surface area contributed by atoms with Gasteiger partial charge in [-0.2, -0.15) is 0 Å². The highest BCUT2D eigenvalue weighted by Gasteiger charge is 2.23. The Morgan fingerprint density at radius 2 is 1.81 bits per heavy atom. The fraction of sp³-hybridized carbons (Fsp3) is 0.235. The van der Waals surface area contributed by atoms with Crippen LogP contribution in [-0.4, -0.2) is 30.0 Å². The molecule has 0 aromatic heterocycles. The number of nitro groups is 1. The zero-order valence-electron chi connectivity index (χ0n) is 14.4. The monoisotopic (exact) mass is 378 g/mol. The number of nitro benzene ring substituents is 1. The lowest BCUT2D eigenvalue weighted by Gasteiger charge is -2.20. The Labute approximate surface area is 150 Å². The highest BCUT2D eigenvalue weighted by Crippen LogP contribution is 2.30. The number of hydrogen-bond acceptors (Lipinski definition) is 5. The molecule has 0 unspecified atom stereocenters. The Kier molecular flexibility index (Phi) is 5.15. The molecule has 0 heterocycles. The van der Waals surface area contributed by atoms with E-state index in [0.29, 0.717) is 0 Å². The molecule has 0 radical (unpaired) electrons. The molecule has 0 aliphatic carbocycles. The minimum absolute atomic E-state index is 0.0623. The maximum absolute atomic E-state index is 12.5. The first-order chi connectivity index (χ1) is 11.9. The van der Waals surface area contributed by atoms with Crippen LogP contribution in [0.25, 0.3) is 11.1 Å². The van der Waals surface area contributed by atoms with E-state index in [2.05, 4.69) is 4.72 Å². The summed E-state index contributed by atoms with van der Waals surface area (Å²) in [4.78, 5) is 21.7. The van der Waals surface area contributed by atoms with Crippen molar-refractivity contribution >= 4 is 21.7 Å². The van der Waals surface area contributed by atoms with E-state index in [4.69, 9.17) is 0 Å². The van der Waals surface area contributed by atoms with Crippen molar-refractivity contribution in [2.75, 3.05) is 0 Å². The zero-order chi connectivity index (χ0) is 19.7. The van der Waals surface area contributed by atoms with Gasteiger partial charge in [0.05, 0.1) is 15.4 Å². The molecule has 2 aromatic rings. The minimum Gasteiger partial charge on any atom is -0.478 e. The third kappa shape index (κ3) is 4.44. The SMILES string of the molecule is CC(C)(C)NS(=O)(=O)c1cccc(-c2cc([N+](=O)[O-])ccc2C(=O)O)c1. The van der Waals surface area contributed by atoms with E-state index in [1.807, 2.05) is 0 Å². The van der Waals surface area contributed by atoms with E-state index in [9.17, 15) is 28.4 Å². The molecule has 9 heteroatoms. The number of nitrogens with one attached hydrogen (secondary N) is 1. The lowest BCUT2D eigenvalue weighted by Crippen LogP contribution is -2.40. The maximum Gasteiger partial charge on any atom is 0.336 e. The molecule has 0 aliphatic rings. The summed E-state index contributed by atoms with van der Waals surface area (Å²) in [6, 6.07) is 8.96. The van der Waals surface area contributed by atoms with E-state index < -0.39 is 26.5 Å². The molecular weight excluding hydrogens is 360 g/mol. The number of carboxylic acid groups (broad SMARTS) is 1. The average Bonchev–Trinajstić information content (AvgIpc) is 2.52. The van der Waals surface area contributed by atoms with E-state index >= 15 is 0 Å². The fourth-order valence-corrected chi connectivity index (χ4v) is 3.83. The van der Waals surface area contributed by atoms with Gasteiger partial charge >= 0.3 is 5.97 Å². The Morgan fingerprint density at radius 1 is 1.15 bits per heavy atom. The first-order valence-corrected chi connectivity index (χ1v) is 9.05. The van der Waals surface area contributed by atoms with Gasteiger partial charge in [0.1, 0.15) is 0 Å². The van der Waals surface area contributed by atoms with Crippen LogP contribution < -0.4 is 4.72 Å². The average molecular weight is 378 g/mol. The maximum atomic E-state index is 12.5. The summed E-state index contributed by atoms with van der Waals surface area (Å²) in [5.41, 5.74) is -0.825. The molecule has 2 N–H and O–H groups in total. The molecule has 0 bridgehead atoms. The van der Waals surface area contributed by atoms with Gasteiger partial charge in [-0.3, -0.25) is 10.1 Å². The fourth-order valence-electron chi connectivity index (χ4n) is 2.36. The quantitative estimate of drug-likeness (QED) is 0.608. The minimum atomic E-state index is -3.84. The number of aromatic carboxylic acids is 1. The van der Waals surface area contributed by atoms with E-state index in [1.165, 1.54) is 24.3 Å². The van der Waals surface area contributed by atoms with Gasteiger partial charge in [0.25, 0.3) is 5.69 Å². The van der Waals surface area contributed by atoms with Crippen LogP contribution in [0.5, 0.6) is 0 Å². The van der Waals surface area contributed by atoms with Crippen LogP contribution in [0.1, 0.15) is 31.1 Å². The Bertz CT molecular complexity index is 977. The lowest BCUT2D eigenvalue weighted by molar-refractivity contribution is -0.384. The molecular formula is C17H18N2O6S. The molecule has 0 saturated heterocycles. The van der Waals surface area contributed by atoms with Crippen molar-refractivity contribution in [1.82, 2.24) is 4.72 Å². The third-order valence-electron chi connectivity index (χ3n) is 3.34. The summed E-state index contributed by atoms with van der Waals surface area (Å²) < 4.78 is 27.5. The van der Waals surface area contributed by atoms with Crippen molar-refractivity contribution < 1.29 is 23.2 Å². The number of benzene rings is 2. The summed E-state index contributed by atoms with van der Waals surface area (Å²) >= 11 is 0. The molecule has 0 atom stereocenters. The van der Waals surface area contributed by atoms with Crippen LogP contribution in [0.2, 0.25) is 0 Å². The van der Waals surface area contributed by atoms with Crippen molar-refractivity contribution in [3.63, 3.8) is 0 Å². The van der Waals surface area contributed by atoms with Gasteiger partial charge in [0.15, 0.2) is 0 Å². The van der Waals surface area contributed by atoms with Crippen molar-refractivity contribution in [3.05, 3.63) is 58.1 Å². The molecule has 2 aromatic carbocycles. The summed E-state index contributed by atoms with van der Waals surface area (Å²) in [5.74, 6) is -1.27. The summed E-state index contributed by atoms with van der Waals surface area (Å²) in [5, 5.41) is 20.3. The number of nitrogens with zero attached hydrogens (tertiary/aromatic N) is 1. The summed E-state index contributed by atoms with van der Waals surface area (Å²) in [6.45, 7) is 5.08. The third-order valence-corrected chi connectivity index (χ3v) is 5.10. The molecule has 0 spiro atoms. The zero-order valence-corrected chi connectivity index (χ0v) is 15.2. The van der Waals surface area contributed by atoms with Crippen LogP contribution >= 0.6 is 0 Å². The largest absolute Gasteiger partial charge is 0.478 e. The second-order valence-corrected chi connectivity index (χ2v) is 8.36. The smallest absolute Gasteiger partial charge is 0.336 e. The topological polar surface area (TPSA) is 127 Å². The number of sulfonamides is 1. The van der Waals surface area contributed by atoms with Crippen LogP contribution in [0, 0.1) is 10.1 Å². The van der Waals surface area contributed by atoms with Crippen molar-refractivity contribution in [2.45, 2.75) is 31.2 Å². The standard InChI is InChI=1S/C17H18N2O6S/c1-17(2,3)18-26(24,25)13-6-4-5-11(9-13)15-10-12(19(22)23)7-8-14(15)16(20)21/h4-10,18H,1-3H3,(H,20,21). The molecule has 138 valence electrons. The second-order valence-electron chi connectivity index (χ2n) is 6.68. The predicted octanol–water partition coefficient (Wildman–Crippen LogP) is 3.04. The second kappa shape index (κ2) is 6.85. The summed E-state index contributed by atoms with van der Waals surface area (Å²) in [6.07, 6.45) is 0. The molecule has 0 saturated carbocycles. The highest BCUT2D eigenvalue weighted by molar-refractivity contribution is 7.89. The highest BCUT2D eigenvalue weighted by atomic mass is 32.2. The first-order valence-electron chi connectivity index (χ1n) is 7.57. The molecule has 2 rings (SSSR count). The van der Waals surface area contributed by atoms with Gasteiger partial charge < -0.3 is 5.11 Å². The van der Waals surface area contributed by atoms with Crippen LogP contribution in [0.15, 0.2) is 47.4 Å². The van der Waals surface area contributed by atoms with Gasteiger partial charge in [-0.1, -0.05) is 12.1 Å². The van der Waals surface area contributed by atoms with Gasteiger partial charge in [0.2, 0.25) is 10.0 Å². The van der Waals surface area contributed by atoms with Crippen molar-refractivity contribution in [1.29, 1.82) is 0 Å². The van der Waals surface area contributed by atoms with Gasteiger partial charge in [-0.15, -0.1) is 0 Å². The number of hydrogen-bond donors (Lipinski definition) is 2. The number of rotatable bonds is 5. The first kappa shape index (κ1) is 19.5. The van der Waals surface area contributed by atoms with Crippen LogP contribution in [-0.2, 0) is 10.0 Å². The number of carbonyl (C=O) groups is 1. The molecule has 0 fully saturated rings. The molecule has 26 heavy (non-hydrogen) atoms. The predicted molar refractivity (Wildman–Crippen MR) is 95.6 cm³/mol. The Balaban J connectivity index is 2.62. The van der Waals surface area contributed by atoms with Gasteiger partial charge in [0, 0.05) is 23.2 Å². The summed E-state index contributed by atoms with van der Waals surface area (Å²) in [7, 11) is -3.84. The Morgan fingerprint density at radius 3 is 2.35 bits per heavy atom. The van der Waals surface area contributed by atoms with E-state index in [1.54, 1.807) is 20.8 Å². The molecule has 0 aliphatic heterocycles. The number of non-ortho nitro benzene ring substituents is 1. The molecule has 0 amide bonds. The van der Waals surface area contributed by atoms with Crippen molar-refractivity contribution in [3.8, 4) is 11.1 Å². The van der Waals surface area contributed by atoms with E-state index in [0.717, 1.165) is 18.2 Å². The lowest BCUT2D eigenvalue weighted by atomic mass is 9.99. The van der Waals surface area contributed by atoms with Gasteiger partial charge in [-0.05, 0) is 44.5 Å². The Hall–Kier alpha value is -2.78.